The minimum absolute atomic E-state index is 0.371. The van der Waals surface area contributed by atoms with Gasteiger partial charge < -0.3 is 15.4 Å². The Morgan fingerprint density at radius 3 is 2.42 bits per heavy atom. The van der Waals surface area contributed by atoms with Crippen molar-refractivity contribution in [2.45, 2.75) is 0 Å². The van der Waals surface area contributed by atoms with Crippen LogP contribution in [0.3, 0.4) is 0 Å². The average Bonchev–Trinajstić information content (AvgIpc) is 2.95. The van der Waals surface area contributed by atoms with Gasteiger partial charge >= 0.3 is 6.03 Å². The van der Waals surface area contributed by atoms with Gasteiger partial charge in [0.15, 0.2) is 0 Å². The van der Waals surface area contributed by atoms with E-state index in [1.165, 1.54) is 30.5 Å². The predicted octanol–water partition coefficient (Wildman–Crippen LogP) is 4.53. The topological polar surface area (TPSA) is 68.2 Å². The first-order chi connectivity index (χ1) is 12.5. The van der Waals surface area contributed by atoms with Gasteiger partial charge in [0.2, 0.25) is 0 Å². The first-order valence-corrected chi connectivity index (χ1v) is 8.05. The summed E-state index contributed by atoms with van der Waals surface area (Å²) in [6, 6.07) is 10.2. The van der Waals surface area contributed by atoms with Gasteiger partial charge in [-0.2, -0.15) is 5.10 Å². The predicted molar refractivity (Wildman–Crippen MR) is 99.2 cm³/mol. The number of rotatable bonds is 4. The number of carbonyl (C=O) groups is 1. The van der Waals surface area contributed by atoms with E-state index in [4.69, 9.17) is 16.3 Å². The van der Waals surface area contributed by atoms with Gasteiger partial charge in [0.05, 0.1) is 24.0 Å². The average molecular weight is 375 g/mol. The molecule has 1 aromatic heterocycles. The number of hydrogen-bond donors (Lipinski definition) is 2. The molecule has 6 nitrogen and oxygen atoms in total. The van der Waals surface area contributed by atoms with E-state index in [1.54, 1.807) is 37.0 Å². The number of hydrogen-bond acceptors (Lipinski definition) is 3. The van der Waals surface area contributed by atoms with Crippen LogP contribution in [0.4, 0.5) is 20.6 Å². The third-order valence-corrected chi connectivity index (χ3v) is 3.99. The number of benzene rings is 2. The highest BCUT2D eigenvalue weighted by molar-refractivity contribution is 6.33. The van der Waals surface area contributed by atoms with Crippen LogP contribution in [0.2, 0.25) is 5.02 Å². The van der Waals surface area contributed by atoms with Crippen molar-refractivity contribution >= 4 is 29.0 Å². The molecule has 2 N–H and O–H groups in total. The molecule has 0 atom stereocenters. The second-order valence-electron chi connectivity index (χ2n) is 5.47. The van der Waals surface area contributed by atoms with E-state index in [9.17, 15) is 9.18 Å². The lowest BCUT2D eigenvalue weighted by Gasteiger charge is -2.13. The Labute approximate surface area is 154 Å². The number of nitrogens with zero attached hydrogens (tertiary/aromatic N) is 2. The summed E-state index contributed by atoms with van der Waals surface area (Å²) in [4.78, 5) is 12.2. The van der Waals surface area contributed by atoms with E-state index >= 15 is 0 Å². The maximum atomic E-state index is 12.9. The Kier molecular flexibility index (Phi) is 5.09. The van der Waals surface area contributed by atoms with Crippen LogP contribution in [0.25, 0.3) is 11.3 Å². The summed E-state index contributed by atoms with van der Waals surface area (Å²) in [5.74, 6) is 0.226. The second-order valence-corrected chi connectivity index (χ2v) is 5.87. The molecule has 0 bridgehead atoms. The molecule has 0 unspecified atom stereocenters. The van der Waals surface area contributed by atoms with Gasteiger partial charge in [-0.1, -0.05) is 11.6 Å². The van der Waals surface area contributed by atoms with Crippen LogP contribution in [0.1, 0.15) is 0 Å². The van der Waals surface area contributed by atoms with E-state index in [0.29, 0.717) is 33.4 Å². The molecule has 0 saturated carbocycles. The third kappa shape index (κ3) is 3.78. The van der Waals surface area contributed by atoms with Crippen molar-refractivity contribution in [2.24, 2.45) is 7.05 Å². The van der Waals surface area contributed by atoms with E-state index in [1.807, 2.05) is 0 Å². The van der Waals surface area contributed by atoms with Crippen molar-refractivity contribution in [3.8, 4) is 17.0 Å². The van der Waals surface area contributed by atoms with Gasteiger partial charge in [-0.25, -0.2) is 9.18 Å². The summed E-state index contributed by atoms with van der Waals surface area (Å²) >= 11 is 6.22. The van der Waals surface area contributed by atoms with Crippen LogP contribution in [0, 0.1) is 5.82 Å². The van der Waals surface area contributed by atoms with E-state index in [-0.39, 0.29) is 5.82 Å². The number of aromatic nitrogens is 2. The molecule has 2 amide bonds. The molecule has 0 saturated heterocycles. The minimum Gasteiger partial charge on any atom is -0.496 e. The Morgan fingerprint density at radius 2 is 1.81 bits per heavy atom. The summed E-state index contributed by atoms with van der Waals surface area (Å²) in [7, 11) is 3.32. The Balaban J connectivity index is 1.83. The highest BCUT2D eigenvalue weighted by atomic mass is 35.5. The van der Waals surface area contributed by atoms with Crippen LogP contribution in [0.15, 0.2) is 48.7 Å². The molecule has 26 heavy (non-hydrogen) atoms. The zero-order valence-electron chi connectivity index (χ0n) is 14.1. The number of nitrogens with one attached hydrogen (secondary N) is 2. The molecule has 3 rings (SSSR count). The molecule has 0 spiro atoms. The SMILES string of the molecule is COc1ccc(NC(=O)Nc2ccc(F)cc2)cc1-c1c(Cl)cnn1C. The summed E-state index contributed by atoms with van der Waals surface area (Å²) in [5.41, 5.74) is 2.38. The molecular weight excluding hydrogens is 359 g/mol. The van der Waals surface area contributed by atoms with Gasteiger partial charge in [-0.05, 0) is 42.5 Å². The smallest absolute Gasteiger partial charge is 0.323 e. The van der Waals surface area contributed by atoms with Crippen LogP contribution in [-0.4, -0.2) is 22.9 Å². The molecule has 0 radical (unpaired) electrons. The fourth-order valence-electron chi connectivity index (χ4n) is 2.51. The van der Waals surface area contributed by atoms with E-state index < -0.39 is 6.03 Å². The van der Waals surface area contributed by atoms with Crippen molar-refractivity contribution in [3.05, 3.63) is 59.5 Å². The second kappa shape index (κ2) is 7.45. The number of amides is 2. The Bertz CT molecular complexity index is 921. The molecule has 2 aromatic carbocycles. The van der Waals surface area contributed by atoms with E-state index in [0.717, 1.165) is 0 Å². The zero-order chi connectivity index (χ0) is 18.7. The molecule has 0 fully saturated rings. The number of anilines is 2. The fourth-order valence-corrected chi connectivity index (χ4v) is 2.78. The Hall–Kier alpha value is -3.06. The third-order valence-electron chi connectivity index (χ3n) is 3.71. The van der Waals surface area contributed by atoms with Gasteiger partial charge in [0.25, 0.3) is 0 Å². The lowest BCUT2D eigenvalue weighted by molar-refractivity contribution is 0.262. The monoisotopic (exact) mass is 374 g/mol. The van der Waals surface area contributed by atoms with Gasteiger partial charge in [-0.3, -0.25) is 4.68 Å². The lowest BCUT2D eigenvalue weighted by Crippen LogP contribution is -2.19. The number of aryl methyl sites for hydroxylation is 1. The normalized spacial score (nSPS) is 10.5. The molecule has 0 aliphatic carbocycles. The summed E-state index contributed by atoms with van der Waals surface area (Å²) < 4.78 is 19.9. The highest BCUT2D eigenvalue weighted by Gasteiger charge is 2.15. The van der Waals surface area contributed by atoms with Gasteiger partial charge in [-0.15, -0.1) is 0 Å². The molecule has 1 heterocycles. The number of methoxy groups -OCH3 is 1. The maximum absolute atomic E-state index is 12.9. The van der Waals surface area contributed by atoms with Crippen molar-refractivity contribution < 1.29 is 13.9 Å². The number of carbonyl (C=O) groups excluding carboxylic acids is 1. The molecule has 134 valence electrons. The first-order valence-electron chi connectivity index (χ1n) is 7.67. The minimum atomic E-state index is -0.455. The van der Waals surface area contributed by atoms with Crippen LogP contribution < -0.4 is 15.4 Å². The summed E-state index contributed by atoms with van der Waals surface area (Å²) in [6.45, 7) is 0. The molecule has 8 heteroatoms. The van der Waals surface area contributed by atoms with Crippen LogP contribution >= 0.6 is 11.6 Å². The standard InChI is InChI=1S/C18H16ClFN4O2/c1-24-17(15(19)10-21-24)14-9-13(7-8-16(14)26-2)23-18(25)22-12-5-3-11(20)4-6-12/h3-10H,1-2H3,(H2,22,23,25). The summed E-state index contributed by atoms with van der Waals surface area (Å²) in [6.07, 6.45) is 1.54. The summed E-state index contributed by atoms with van der Waals surface area (Å²) in [5, 5.41) is 9.95. The van der Waals surface area contributed by atoms with Gasteiger partial charge in [0, 0.05) is 24.0 Å². The molecule has 0 aliphatic heterocycles. The first kappa shape index (κ1) is 17.8. The van der Waals surface area contributed by atoms with Crippen molar-refractivity contribution in [1.82, 2.24) is 9.78 Å². The van der Waals surface area contributed by atoms with Crippen LogP contribution in [-0.2, 0) is 7.05 Å². The van der Waals surface area contributed by atoms with Crippen molar-refractivity contribution in [3.63, 3.8) is 0 Å². The lowest BCUT2D eigenvalue weighted by atomic mass is 10.1. The van der Waals surface area contributed by atoms with E-state index in [2.05, 4.69) is 15.7 Å². The van der Waals surface area contributed by atoms with Crippen LogP contribution in [0.5, 0.6) is 5.75 Å². The largest absolute Gasteiger partial charge is 0.496 e. The quantitative estimate of drug-likeness (QED) is 0.704. The molecule has 0 aliphatic rings. The maximum Gasteiger partial charge on any atom is 0.323 e. The number of halogens is 2. The number of ether oxygens (including phenoxy) is 1. The molecular formula is C18H16ClFN4O2. The van der Waals surface area contributed by atoms with Crippen molar-refractivity contribution in [1.29, 1.82) is 0 Å². The van der Waals surface area contributed by atoms with Gasteiger partial charge in [0.1, 0.15) is 11.6 Å². The zero-order valence-corrected chi connectivity index (χ0v) is 14.8. The fraction of sp³-hybridized carbons (Fsp3) is 0.111. The number of urea groups is 1. The Morgan fingerprint density at radius 1 is 1.15 bits per heavy atom. The molecule has 3 aromatic rings. The highest BCUT2D eigenvalue weighted by Crippen LogP contribution is 2.36. The van der Waals surface area contributed by atoms with Crippen molar-refractivity contribution in [2.75, 3.05) is 17.7 Å².